The van der Waals surface area contributed by atoms with Crippen molar-refractivity contribution >= 4 is 5.69 Å². The number of pyridine rings is 1. The molecule has 0 unspecified atom stereocenters. The Morgan fingerprint density at radius 2 is 2.00 bits per heavy atom. The third-order valence-electron chi connectivity index (χ3n) is 2.87. The predicted molar refractivity (Wildman–Crippen MR) is 64.7 cm³/mol. The van der Waals surface area contributed by atoms with Gasteiger partial charge in [-0.05, 0) is 26.8 Å². The highest BCUT2D eigenvalue weighted by Crippen LogP contribution is 2.17. The number of aromatic nitrogens is 1. The summed E-state index contributed by atoms with van der Waals surface area (Å²) in [7, 11) is 1.69. The Bertz CT molecular complexity index is 478. The fraction of sp³-hybridized carbons (Fsp3) is 0.500. The first kappa shape index (κ1) is 12.3. The molecular formula is C12H17N3O. The van der Waals surface area contributed by atoms with E-state index in [1.165, 1.54) is 4.57 Å². The average Bonchev–Trinajstić information content (AvgIpc) is 2.28. The van der Waals surface area contributed by atoms with Crippen molar-refractivity contribution in [2.75, 3.05) is 18.0 Å². The van der Waals surface area contributed by atoms with E-state index in [-0.39, 0.29) is 11.1 Å². The fourth-order valence-electron chi connectivity index (χ4n) is 1.72. The number of rotatable bonds is 3. The van der Waals surface area contributed by atoms with Crippen LogP contribution < -0.4 is 10.5 Å². The van der Waals surface area contributed by atoms with Crippen molar-refractivity contribution in [1.29, 1.82) is 5.26 Å². The van der Waals surface area contributed by atoms with Crippen LogP contribution in [0.5, 0.6) is 0 Å². The van der Waals surface area contributed by atoms with E-state index in [9.17, 15) is 4.79 Å². The molecule has 1 aromatic heterocycles. The van der Waals surface area contributed by atoms with Crippen molar-refractivity contribution in [3.63, 3.8) is 0 Å². The number of anilines is 1. The third-order valence-corrected chi connectivity index (χ3v) is 2.87. The summed E-state index contributed by atoms with van der Waals surface area (Å²) in [6.07, 6.45) is 0. The number of hydrogen-bond acceptors (Lipinski definition) is 3. The average molecular weight is 219 g/mol. The Morgan fingerprint density at radius 1 is 1.44 bits per heavy atom. The molecular weight excluding hydrogens is 202 g/mol. The molecule has 0 radical (unpaired) electrons. The molecule has 4 nitrogen and oxygen atoms in total. The maximum absolute atomic E-state index is 11.9. The van der Waals surface area contributed by atoms with Crippen LogP contribution in [0.25, 0.3) is 0 Å². The lowest BCUT2D eigenvalue weighted by atomic mass is 10.2. The minimum atomic E-state index is -0.218. The Hall–Kier alpha value is -1.76. The van der Waals surface area contributed by atoms with E-state index in [2.05, 4.69) is 0 Å². The SMILES string of the molecule is CCN(CC)c1cc(C)n(C)c(=O)c1C#N. The van der Waals surface area contributed by atoms with Crippen LogP contribution in [0.2, 0.25) is 0 Å². The predicted octanol–water partition coefficient (Wildman–Crippen LogP) is 1.41. The van der Waals surface area contributed by atoms with Gasteiger partial charge in [-0.15, -0.1) is 0 Å². The third kappa shape index (κ3) is 1.94. The minimum Gasteiger partial charge on any atom is -0.371 e. The van der Waals surface area contributed by atoms with Crippen molar-refractivity contribution in [2.45, 2.75) is 20.8 Å². The van der Waals surface area contributed by atoms with Gasteiger partial charge in [0.15, 0.2) is 0 Å². The molecule has 0 saturated heterocycles. The zero-order valence-corrected chi connectivity index (χ0v) is 10.2. The lowest BCUT2D eigenvalue weighted by molar-refractivity contribution is 0.797. The van der Waals surface area contributed by atoms with E-state index in [0.29, 0.717) is 0 Å². The Balaban J connectivity index is 3.52. The van der Waals surface area contributed by atoms with Gasteiger partial charge in [-0.25, -0.2) is 0 Å². The summed E-state index contributed by atoms with van der Waals surface area (Å²) in [6.45, 7) is 7.47. The van der Waals surface area contributed by atoms with Crippen LogP contribution in [0, 0.1) is 18.3 Å². The molecule has 4 heteroatoms. The molecule has 0 aliphatic carbocycles. The van der Waals surface area contributed by atoms with Gasteiger partial charge in [-0.2, -0.15) is 5.26 Å². The van der Waals surface area contributed by atoms with Crippen LogP contribution in [-0.2, 0) is 7.05 Å². The van der Waals surface area contributed by atoms with Gasteiger partial charge in [0.05, 0.1) is 5.69 Å². The van der Waals surface area contributed by atoms with Crippen LogP contribution in [0.4, 0.5) is 5.69 Å². The molecule has 0 fully saturated rings. The van der Waals surface area contributed by atoms with E-state index in [1.54, 1.807) is 7.05 Å². The Kier molecular flexibility index (Phi) is 3.73. The summed E-state index contributed by atoms with van der Waals surface area (Å²) in [4.78, 5) is 13.9. The second-order valence-electron chi connectivity index (χ2n) is 3.69. The molecule has 0 bridgehead atoms. The molecule has 1 aromatic rings. The number of nitrogens with zero attached hydrogens (tertiary/aromatic N) is 3. The maximum Gasteiger partial charge on any atom is 0.270 e. The second kappa shape index (κ2) is 4.84. The van der Waals surface area contributed by atoms with Gasteiger partial charge in [0.2, 0.25) is 0 Å². The summed E-state index contributed by atoms with van der Waals surface area (Å²) in [6, 6.07) is 3.90. The van der Waals surface area contributed by atoms with Crippen molar-refractivity contribution in [1.82, 2.24) is 4.57 Å². The number of hydrogen-bond donors (Lipinski definition) is 0. The first-order valence-corrected chi connectivity index (χ1v) is 5.42. The van der Waals surface area contributed by atoms with Crippen LogP contribution >= 0.6 is 0 Å². The Labute approximate surface area is 95.7 Å². The fourth-order valence-corrected chi connectivity index (χ4v) is 1.72. The molecule has 0 N–H and O–H groups in total. The van der Waals surface area contributed by atoms with Crippen LogP contribution in [0.1, 0.15) is 25.1 Å². The lowest BCUT2D eigenvalue weighted by Crippen LogP contribution is -2.29. The first-order chi connectivity index (χ1) is 7.56. The molecule has 0 spiro atoms. The molecule has 0 atom stereocenters. The summed E-state index contributed by atoms with van der Waals surface area (Å²) >= 11 is 0. The molecule has 1 rings (SSSR count). The molecule has 0 saturated carbocycles. The van der Waals surface area contributed by atoms with Crippen molar-refractivity contribution in [2.24, 2.45) is 7.05 Å². The van der Waals surface area contributed by atoms with Gasteiger partial charge >= 0.3 is 0 Å². The Morgan fingerprint density at radius 3 is 2.44 bits per heavy atom. The molecule has 0 amide bonds. The monoisotopic (exact) mass is 219 g/mol. The van der Waals surface area contributed by atoms with E-state index >= 15 is 0 Å². The van der Waals surface area contributed by atoms with Gasteiger partial charge in [0.25, 0.3) is 5.56 Å². The van der Waals surface area contributed by atoms with Crippen molar-refractivity contribution in [3.05, 3.63) is 27.7 Å². The van der Waals surface area contributed by atoms with Gasteiger partial charge in [-0.3, -0.25) is 4.79 Å². The topological polar surface area (TPSA) is 49.0 Å². The summed E-state index contributed by atoms with van der Waals surface area (Å²) < 4.78 is 1.51. The van der Waals surface area contributed by atoms with Gasteiger partial charge in [0.1, 0.15) is 11.6 Å². The highest BCUT2D eigenvalue weighted by atomic mass is 16.1. The zero-order valence-electron chi connectivity index (χ0n) is 10.2. The molecule has 0 aliphatic rings. The van der Waals surface area contributed by atoms with Crippen LogP contribution in [0.15, 0.2) is 10.9 Å². The summed E-state index contributed by atoms with van der Waals surface area (Å²) in [5.41, 5.74) is 1.63. The summed E-state index contributed by atoms with van der Waals surface area (Å²) in [5.74, 6) is 0. The summed E-state index contributed by atoms with van der Waals surface area (Å²) in [5, 5.41) is 9.06. The normalized spacial score (nSPS) is 9.94. The van der Waals surface area contributed by atoms with Crippen molar-refractivity contribution in [3.8, 4) is 6.07 Å². The standard InChI is InChI=1S/C12H17N3O/c1-5-15(6-2)11-7-9(3)14(4)12(16)10(11)8-13/h7H,5-6H2,1-4H3. The van der Waals surface area contributed by atoms with Gasteiger partial charge in [0, 0.05) is 25.8 Å². The highest BCUT2D eigenvalue weighted by Gasteiger charge is 2.14. The first-order valence-electron chi connectivity index (χ1n) is 5.42. The van der Waals surface area contributed by atoms with E-state index in [1.807, 2.05) is 37.8 Å². The molecule has 16 heavy (non-hydrogen) atoms. The molecule has 0 aromatic carbocycles. The number of aryl methyl sites for hydroxylation is 1. The highest BCUT2D eigenvalue weighted by molar-refractivity contribution is 5.59. The minimum absolute atomic E-state index is 0.218. The van der Waals surface area contributed by atoms with Crippen LogP contribution in [-0.4, -0.2) is 17.7 Å². The molecule has 0 aliphatic heterocycles. The quantitative estimate of drug-likeness (QED) is 0.772. The molecule has 86 valence electrons. The van der Waals surface area contributed by atoms with Gasteiger partial charge < -0.3 is 9.47 Å². The maximum atomic E-state index is 11.9. The van der Waals surface area contributed by atoms with Crippen LogP contribution in [0.3, 0.4) is 0 Å². The number of nitriles is 1. The van der Waals surface area contributed by atoms with Crippen molar-refractivity contribution < 1.29 is 0 Å². The lowest BCUT2D eigenvalue weighted by Gasteiger charge is -2.23. The second-order valence-corrected chi connectivity index (χ2v) is 3.69. The molecule has 1 heterocycles. The largest absolute Gasteiger partial charge is 0.371 e. The smallest absolute Gasteiger partial charge is 0.270 e. The van der Waals surface area contributed by atoms with E-state index in [0.717, 1.165) is 24.5 Å². The zero-order chi connectivity index (χ0) is 12.3. The van der Waals surface area contributed by atoms with Gasteiger partial charge in [-0.1, -0.05) is 0 Å². The van der Waals surface area contributed by atoms with E-state index < -0.39 is 0 Å². The van der Waals surface area contributed by atoms with E-state index in [4.69, 9.17) is 5.26 Å².